The molecule has 1 fully saturated rings. The number of carbonyl (C=O) groups excluding carboxylic acids is 1. The highest BCUT2D eigenvalue weighted by Crippen LogP contribution is 2.27. The quantitative estimate of drug-likeness (QED) is 0.862. The maximum absolute atomic E-state index is 12.3. The van der Waals surface area contributed by atoms with Crippen molar-refractivity contribution in [3.63, 3.8) is 0 Å². The summed E-state index contributed by atoms with van der Waals surface area (Å²) in [5, 5.41) is 0.565. The summed E-state index contributed by atoms with van der Waals surface area (Å²) in [4.78, 5) is 26.4. The minimum Gasteiger partial charge on any atom is -0.408 e. The molecule has 1 saturated heterocycles. The smallest absolute Gasteiger partial charge is 0.408 e. The Hall–Kier alpha value is -1.75. The van der Waals surface area contributed by atoms with Crippen LogP contribution >= 0.6 is 11.6 Å². The van der Waals surface area contributed by atoms with Gasteiger partial charge in [-0.25, -0.2) is 4.79 Å². The van der Waals surface area contributed by atoms with E-state index in [1.54, 1.807) is 22.8 Å². The van der Waals surface area contributed by atoms with Crippen LogP contribution in [0.2, 0.25) is 5.02 Å². The lowest BCUT2D eigenvalue weighted by Crippen LogP contribution is -2.42. The number of aromatic nitrogens is 1. The molecule has 23 heavy (non-hydrogen) atoms. The SMILES string of the molecule is CC(C)CC(=O)N1CCCC(n2c(=O)oc3ccc(Cl)cc32)C1. The highest BCUT2D eigenvalue weighted by molar-refractivity contribution is 6.31. The van der Waals surface area contributed by atoms with Crippen molar-refractivity contribution in [2.75, 3.05) is 13.1 Å². The summed E-state index contributed by atoms with van der Waals surface area (Å²) in [7, 11) is 0. The molecule has 2 heterocycles. The van der Waals surface area contributed by atoms with Gasteiger partial charge in [0.1, 0.15) is 0 Å². The first-order chi connectivity index (χ1) is 11.0. The number of benzene rings is 1. The van der Waals surface area contributed by atoms with Gasteiger partial charge in [0, 0.05) is 24.5 Å². The molecule has 3 rings (SSSR count). The van der Waals surface area contributed by atoms with Crippen molar-refractivity contribution in [1.29, 1.82) is 0 Å². The highest BCUT2D eigenvalue weighted by atomic mass is 35.5. The van der Waals surface area contributed by atoms with E-state index in [-0.39, 0.29) is 17.7 Å². The molecular weight excluding hydrogens is 316 g/mol. The third-order valence-electron chi connectivity index (χ3n) is 4.27. The van der Waals surface area contributed by atoms with Crippen LogP contribution in [-0.2, 0) is 4.79 Å². The lowest BCUT2D eigenvalue weighted by atomic mass is 10.0. The Labute approximate surface area is 139 Å². The van der Waals surface area contributed by atoms with Crippen molar-refractivity contribution in [2.45, 2.75) is 39.2 Å². The van der Waals surface area contributed by atoms with Gasteiger partial charge in [-0.1, -0.05) is 25.4 Å². The Balaban J connectivity index is 1.90. The highest BCUT2D eigenvalue weighted by Gasteiger charge is 2.27. The van der Waals surface area contributed by atoms with Crippen LogP contribution < -0.4 is 5.76 Å². The van der Waals surface area contributed by atoms with Crippen LogP contribution in [0, 0.1) is 5.92 Å². The number of hydrogen-bond acceptors (Lipinski definition) is 3. The Bertz CT molecular complexity index is 778. The zero-order valence-electron chi connectivity index (χ0n) is 13.4. The molecule has 1 aromatic heterocycles. The molecule has 0 aliphatic carbocycles. The maximum atomic E-state index is 12.3. The zero-order valence-corrected chi connectivity index (χ0v) is 14.2. The molecule has 1 aliphatic rings. The fraction of sp³-hybridized carbons (Fsp3) is 0.529. The van der Waals surface area contributed by atoms with Crippen LogP contribution in [0.3, 0.4) is 0 Å². The molecule has 124 valence electrons. The summed E-state index contributed by atoms with van der Waals surface area (Å²) >= 11 is 6.05. The van der Waals surface area contributed by atoms with Crippen LogP contribution in [0.4, 0.5) is 0 Å². The second-order valence-corrected chi connectivity index (χ2v) is 7.02. The van der Waals surface area contributed by atoms with Crippen molar-refractivity contribution in [2.24, 2.45) is 5.92 Å². The van der Waals surface area contributed by atoms with Crippen molar-refractivity contribution in [3.05, 3.63) is 33.8 Å². The van der Waals surface area contributed by atoms with Crippen molar-refractivity contribution in [1.82, 2.24) is 9.47 Å². The van der Waals surface area contributed by atoms with Crippen molar-refractivity contribution in [3.8, 4) is 0 Å². The van der Waals surface area contributed by atoms with Gasteiger partial charge in [-0.15, -0.1) is 0 Å². The van der Waals surface area contributed by atoms with Crippen LogP contribution in [0.15, 0.2) is 27.4 Å². The monoisotopic (exact) mass is 336 g/mol. The van der Waals surface area contributed by atoms with E-state index in [9.17, 15) is 9.59 Å². The zero-order chi connectivity index (χ0) is 16.6. The molecule has 0 saturated carbocycles. The van der Waals surface area contributed by atoms with Gasteiger partial charge in [-0.2, -0.15) is 0 Å². The summed E-state index contributed by atoms with van der Waals surface area (Å²) in [5.74, 6) is 0.105. The second kappa shape index (κ2) is 6.40. The molecule has 1 unspecified atom stereocenters. The Morgan fingerprint density at radius 2 is 2.22 bits per heavy atom. The van der Waals surface area contributed by atoms with Crippen molar-refractivity contribution >= 4 is 28.6 Å². The fourth-order valence-corrected chi connectivity index (χ4v) is 3.39. The molecule has 1 atom stereocenters. The van der Waals surface area contributed by atoms with Crippen LogP contribution in [0.1, 0.15) is 39.2 Å². The number of rotatable bonds is 3. The van der Waals surface area contributed by atoms with E-state index >= 15 is 0 Å². The van der Waals surface area contributed by atoms with Crippen LogP contribution in [0.25, 0.3) is 11.1 Å². The molecular formula is C17H21ClN2O3. The van der Waals surface area contributed by atoms with Gasteiger partial charge in [0.25, 0.3) is 0 Å². The molecule has 6 heteroatoms. The normalized spacial score (nSPS) is 18.8. The van der Waals surface area contributed by atoms with Gasteiger partial charge in [-0.3, -0.25) is 9.36 Å². The number of fused-ring (bicyclic) bond motifs is 1. The Morgan fingerprint density at radius 3 is 2.96 bits per heavy atom. The van der Waals surface area contributed by atoms with Gasteiger partial charge in [0.2, 0.25) is 5.91 Å². The first kappa shape index (κ1) is 16.1. The maximum Gasteiger partial charge on any atom is 0.420 e. The molecule has 2 aromatic rings. The first-order valence-corrected chi connectivity index (χ1v) is 8.42. The van der Waals surface area contributed by atoms with Crippen LogP contribution in [-0.4, -0.2) is 28.5 Å². The number of oxazole rings is 1. The van der Waals surface area contributed by atoms with E-state index in [2.05, 4.69) is 0 Å². The van der Waals surface area contributed by atoms with E-state index in [1.807, 2.05) is 18.7 Å². The van der Waals surface area contributed by atoms with Gasteiger partial charge >= 0.3 is 5.76 Å². The number of nitrogens with zero attached hydrogens (tertiary/aromatic N) is 2. The first-order valence-electron chi connectivity index (χ1n) is 8.04. The standard InChI is InChI=1S/C17H21ClN2O3/c1-11(2)8-16(21)19-7-3-4-13(10-19)20-14-9-12(18)5-6-15(14)23-17(20)22/h5-6,9,11,13H,3-4,7-8,10H2,1-2H3. The van der Waals surface area contributed by atoms with E-state index in [0.29, 0.717) is 35.0 Å². The van der Waals surface area contributed by atoms with Gasteiger partial charge in [-0.05, 0) is 37.0 Å². The van der Waals surface area contributed by atoms with E-state index < -0.39 is 0 Å². The van der Waals surface area contributed by atoms with Gasteiger partial charge in [0.05, 0.1) is 11.6 Å². The van der Waals surface area contributed by atoms with E-state index in [0.717, 1.165) is 19.4 Å². The summed E-state index contributed by atoms with van der Waals surface area (Å²) in [6, 6.07) is 5.10. The number of carbonyl (C=O) groups is 1. The second-order valence-electron chi connectivity index (χ2n) is 6.58. The number of piperidine rings is 1. The summed E-state index contributed by atoms with van der Waals surface area (Å²) in [6.07, 6.45) is 2.28. The lowest BCUT2D eigenvalue weighted by Gasteiger charge is -2.33. The minimum absolute atomic E-state index is 0.0629. The number of likely N-dealkylation sites (tertiary alicyclic amines) is 1. The Kier molecular flexibility index (Phi) is 4.48. The lowest BCUT2D eigenvalue weighted by molar-refractivity contribution is -0.133. The van der Waals surface area contributed by atoms with Crippen LogP contribution in [0.5, 0.6) is 0 Å². The number of amides is 1. The molecule has 0 radical (unpaired) electrons. The van der Waals surface area contributed by atoms with Gasteiger partial charge in [0.15, 0.2) is 5.58 Å². The third kappa shape index (κ3) is 3.29. The molecule has 1 aromatic carbocycles. The van der Waals surface area contributed by atoms with Crippen molar-refractivity contribution < 1.29 is 9.21 Å². The topological polar surface area (TPSA) is 55.5 Å². The average Bonchev–Trinajstić information content (AvgIpc) is 2.82. The molecule has 0 bridgehead atoms. The molecule has 0 N–H and O–H groups in total. The molecule has 0 spiro atoms. The third-order valence-corrected chi connectivity index (χ3v) is 4.51. The largest absolute Gasteiger partial charge is 0.420 e. The summed E-state index contributed by atoms with van der Waals surface area (Å²) in [5.41, 5.74) is 1.23. The summed E-state index contributed by atoms with van der Waals surface area (Å²) < 4.78 is 6.96. The van der Waals surface area contributed by atoms with E-state index in [4.69, 9.17) is 16.0 Å². The van der Waals surface area contributed by atoms with Gasteiger partial charge < -0.3 is 9.32 Å². The minimum atomic E-state index is -0.384. The average molecular weight is 337 g/mol. The van der Waals surface area contributed by atoms with E-state index in [1.165, 1.54) is 0 Å². The molecule has 5 nitrogen and oxygen atoms in total. The Morgan fingerprint density at radius 1 is 1.43 bits per heavy atom. The molecule has 1 aliphatic heterocycles. The predicted molar refractivity (Wildman–Crippen MR) is 89.8 cm³/mol. The predicted octanol–water partition coefficient (Wildman–Crippen LogP) is 3.46. The fourth-order valence-electron chi connectivity index (χ4n) is 3.22. The molecule has 1 amide bonds. The number of hydrogen-bond donors (Lipinski definition) is 0. The summed E-state index contributed by atoms with van der Waals surface area (Å²) in [6.45, 7) is 5.38. The number of halogens is 1.